The highest BCUT2D eigenvalue weighted by molar-refractivity contribution is 9.09. The number of fused-ring (bicyclic) bond motifs is 7. The van der Waals surface area contributed by atoms with Crippen LogP contribution in [0.1, 0.15) is 6.42 Å². The molecule has 3 saturated carbocycles. The minimum Gasteiger partial charge on any atom is -0.101 e. The number of alkyl halides is 3. The summed E-state index contributed by atoms with van der Waals surface area (Å²) in [5.74, 6) is 4.31. The Morgan fingerprint density at radius 1 is 1.21 bits per heavy atom. The highest BCUT2D eigenvalue weighted by atomic mass is 79.9. The first-order chi connectivity index (χ1) is 6.62. The van der Waals surface area contributed by atoms with E-state index in [-0.39, 0.29) is 4.33 Å². The fourth-order valence-corrected chi connectivity index (χ4v) is 6.36. The zero-order valence-corrected chi connectivity index (χ0v) is 10.6. The van der Waals surface area contributed by atoms with Gasteiger partial charge in [0.15, 0.2) is 0 Å². The van der Waals surface area contributed by atoms with Crippen molar-refractivity contribution in [1.82, 2.24) is 0 Å². The Bertz CT molecular complexity index is 338. The normalized spacial score (nSPS) is 65.5. The molecule has 0 N–H and O–H groups in total. The number of halogens is 3. The van der Waals surface area contributed by atoms with Crippen LogP contribution in [0.5, 0.6) is 0 Å². The molecule has 4 rings (SSSR count). The third-order valence-corrected chi connectivity index (χ3v) is 7.21. The summed E-state index contributed by atoms with van der Waals surface area (Å²) in [7, 11) is 0. The SMILES string of the molecule is ClC1(Cl)[C@H]2[C@H]3[C@H]4C=C[C@@H]([C@H]4Br)[C@H]3C[C@H]21. The van der Waals surface area contributed by atoms with Crippen molar-refractivity contribution < 1.29 is 0 Å². The van der Waals surface area contributed by atoms with Gasteiger partial charge in [0.2, 0.25) is 0 Å². The summed E-state index contributed by atoms with van der Waals surface area (Å²) in [5, 5.41) is 0. The fourth-order valence-electron chi connectivity index (χ4n) is 4.35. The molecule has 0 spiro atoms. The van der Waals surface area contributed by atoms with E-state index in [0.717, 1.165) is 17.8 Å². The van der Waals surface area contributed by atoms with Crippen LogP contribution in [0.25, 0.3) is 0 Å². The lowest BCUT2D eigenvalue weighted by molar-refractivity contribution is 0.310. The summed E-state index contributed by atoms with van der Waals surface area (Å²) < 4.78 is -0.369. The third-order valence-electron chi connectivity index (χ3n) is 4.93. The van der Waals surface area contributed by atoms with E-state index >= 15 is 0 Å². The lowest BCUT2D eigenvalue weighted by Gasteiger charge is -2.25. The van der Waals surface area contributed by atoms with Crippen molar-refractivity contribution in [1.29, 1.82) is 0 Å². The number of hydrogen-bond acceptors (Lipinski definition) is 0. The maximum atomic E-state index is 6.29. The summed E-state index contributed by atoms with van der Waals surface area (Å²) >= 11 is 16.4. The zero-order valence-electron chi connectivity index (χ0n) is 7.54. The van der Waals surface area contributed by atoms with Crippen molar-refractivity contribution in [2.45, 2.75) is 15.6 Å². The summed E-state index contributed by atoms with van der Waals surface area (Å²) in [6, 6.07) is 0. The monoisotopic (exact) mass is 292 g/mol. The van der Waals surface area contributed by atoms with Gasteiger partial charge in [-0.15, -0.1) is 23.2 Å². The van der Waals surface area contributed by atoms with Gasteiger partial charge in [-0.25, -0.2) is 0 Å². The molecule has 3 heteroatoms. The predicted octanol–water partition coefficient (Wildman–Crippen LogP) is 3.62. The smallest absolute Gasteiger partial charge is 0.101 e. The van der Waals surface area contributed by atoms with Crippen LogP contribution in [0.3, 0.4) is 0 Å². The van der Waals surface area contributed by atoms with Crippen molar-refractivity contribution in [2.24, 2.45) is 35.5 Å². The van der Waals surface area contributed by atoms with E-state index in [4.69, 9.17) is 23.2 Å². The first-order valence-corrected chi connectivity index (χ1v) is 6.99. The maximum Gasteiger partial charge on any atom is 0.125 e. The largest absolute Gasteiger partial charge is 0.125 e. The summed E-state index contributed by atoms with van der Waals surface area (Å²) in [6.45, 7) is 0. The minimum atomic E-state index is -0.369. The second-order valence-corrected chi connectivity index (χ2v) is 7.77. The molecule has 0 aromatic heterocycles. The van der Waals surface area contributed by atoms with Gasteiger partial charge in [0, 0.05) is 10.7 Å². The molecule has 4 aliphatic rings. The predicted molar refractivity (Wildman–Crippen MR) is 61.8 cm³/mol. The van der Waals surface area contributed by atoms with Crippen LogP contribution in [0.15, 0.2) is 12.2 Å². The molecule has 0 heterocycles. The molecule has 14 heavy (non-hydrogen) atoms. The summed E-state index contributed by atoms with van der Waals surface area (Å²) in [4.78, 5) is 0.670. The molecule has 7 atom stereocenters. The number of allylic oxidation sites excluding steroid dienone is 2. The first kappa shape index (κ1) is 8.90. The quantitative estimate of drug-likeness (QED) is 0.473. The second kappa shape index (κ2) is 2.38. The average molecular weight is 294 g/mol. The van der Waals surface area contributed by atoms with Gasteiger partial charge in [0.25, 0.3) is 0 Å². The van der Waals surface area contributed by atoms with E-state index in [1.807, 2.05) is 0 Å². The Balaban J connectivity index is 1.74. The van der Waals surface area contributed by atoms with Gasteiger partial charge in [-0.05, 0) is 36.0 Å². The van der Waals surface area contributed by atoms with Crippen molar-refractivity contribution in [2.75, 3.05) is 0 Å². The van der Waals surface area contributed by atoms with E-state index in [1.165, 1.54) is 6.42 Å². The lowest BCUT2D eigenvalue weighted by atomic mass is 9.82. The molecule has 0 amide bonds. The van der Waals surface area contributed by atoms with E-state index in [2.05, 4.69) is 28.1 Å². The van der Waals surface area contributed by atoms with Gasteiger partial charge in [-0.3, -0.25) is 0 Å². The van der Waals surface area contributed by atoms with Crippen LogP contribution in [0, 0.1) is 35.5 Å². The molecule has 0 unspecified atom stereocenters. The van der Waals surface area contributed by atoms with Crippen LogP contribution >= 0.6 is 39.1 Å². The molecule has 0 radical (unpaired) electrons. The number of rotatable bonds is 0. The van der Waals surface area contributed by atoms with E-state index < -0.39 is 0 Å². The molecule has 0 saturated heterocycles. The van der Waals surface area contributed by atoms with Crippen molar-refractivity contribution in [3.8, 4) is 0 Å². The molecule has 4 aliphatic carbocycles. The van der Waals surface area contributed by atoms with Gasteiger partial charge in [-0.2, -0.15) is 0 Å². The molecule has 0 aromatic carbocycles. The fraction of sp³-hybridized carbons (Fsp3) is 0.818. The Kier molecular flexibility index (Phi) is 1.51. The van der Waals surface area contributed by atoms with Crippen LogP contribution in [-0.2, 0) is 0 Å². The van der Waals surface area contributed by atoms with E-state index in [9.17, 15) is 0 Å². The van der Waals surface area contributed by atoms with Crippen molar-refractivity contribution in [3.05, 3.63) is 12.2 Å². The van der Waals surface area contributed by atoms with Gasteiger partial charge in [0.05, 0.1) is 0 Å². The van der Waals surface area contributed by atoms with Gasteiger partial charge in [0.1, 0.15) is 4.33 Å². The Labute approximate surface area is 102 Å². The van der Waals surface area contributed by atoms with Crippen molar-refractivity contribution >= 4 is 39.1 Å². The molecule has 3 fully saturated rings. The van der Waals surface area contributed by atoms with Crippen LogP contribution < -0.4 is 0 Å². The first-order valence-electron chi connectivity index (χ1n) is 5.32. The molecule has 0 aliphatic heterocycles. The highest BCUT2D eigenvalue weighted by Gasteiger charge is 2.75. The standard InChI is InChI=1S/C11H11BrCl2/c12-10-4-1-2-5(10)8-6(4)3-7-9(8)11(7,13)14/h1-2,4-10H,3H2/t4-,5-,6-,7-,8+,9-,10-/m1/s1. The maximum absolute atomic E-state index is 6.29. The highest BCUT2D eigenvalue weighted by Crippen LogP contribution is 2.77. The summed E-state index contributed by atoms with van der Waals surface area (Å²) in [6.07, 6.45) is 6.05. The Morgan fingerprint density at radius 3 is 2.71 bits per heavy atom. The van der Waals surface area contributed by atoms with Crippen LogP contribution in [-0.4, -0.2) is 9.16 Å². The topological polar surface area (TPSA) is 0 Å². The van der Waals surface area contributed by atoms with Gasteiger partial charge >= 0.3 is 0 Å². The average Bonchev–Trinajstić information content (AvgIpc) is 2.59. The number of hydrogen-bond donors (Lipinski definition) is 0. The summed E-state index contributed by atoms with van der Waals surface area (Å²) in [5.41, 5.74) is 0. The molecule has 0 nitrogen and oxygen atoms in total. The van der Waals surface area contributed by atoms with Crippen LogP contribution in [0.4, 0.5) is 0 Å². The van der Waals surface area contributed by atoms with E-state index in [0.29, 0.717) is 22.6 Å². The van der Waals surface area contributed by atoms with E-state index in [1.54, 1.807) is 0 Å². The van der Waals surface area contributed by atoms with Crippen molar-refractivity contribution in [3.63, 3.8) is 0 Å². The second-order valence-electron chi connectivity index (χ2n) is 5.27. The third kappa shape index (κ3) is 0.780. The Hall–Kier alpha value is 0.800. The minimum absolute atomic E-state index is 0.369. The molecule has 2 bridgehead atoms. The Morgan fingerprint density at radius 2 is 1.93 bits per heavy atom. The molecule has 76 valence electrons. The van der Waals surface area contributed by atoms with Gasteiger partial charge < -0.3 is 0 Å². The molecular weight excluding hydrogens is 283 g/mol. The van der Waals surface area contributed by atoms with Crippen LogP contribution in [0.2, 0.25) is 0 Å². The lowest BCUT2D eigenvalue weighted by Crippen LogP contribution is -2.21. The molecule has 0 aromatic rings. The molecular formula is C11H11BrCl2. The van der Waals surface area contributed by atoms with Gasteiger partial charge in [-0.1, -0.05) is 28.1 Å². The zero-order chi connectivity index (χ0) is 9.66.